The molecule has 2 fully saturated rings. The fraction of sp³-hybridized carbons (Fsp3) is 0.429. The summed E-state index contributed by atoms with van der Waals surface area (Å²) in [6, 6.07) is 16.0. The van der Waals surface area contributed by atoms with Crippen molar-refractivity contribution in [1.29, 1.82) is 0 Å². The SMILES string of the molecule is C/C=C(\C)c1cccc(C)c1/C=C(\C)c1cccc(C2CC23CCC3CC)c1. The Morgan fingerprint density at radius 1 is 1.11 bits per heavy atom. The molecule has 4 rings (SSSR count). The molecule has 2 aliphatic rings. The van der Waals surface area contributed by atoms with Crippen molar-refractivity contribution in [2.45, 2.75) is 66.2 Å². The maximum absolute atomic E-state index is 2.47. The second-order valence-corrected chi connectivity index (χ2v) is 9.09. The number of hydrogen-bond donors (Lipinski definition) is 0. The van der Waals surface area contributed by atoms with Gasteiger partial charge in [0.2, 0.25) is 0 Å². The third kappa shape index (κ3) is 3.17. The highest BCUT2D eigenvalue weighted by Crippen LogP contribution is 2.73. The lowest BCUT2D eigenvalue weighted by molar-refractivity contribution is 0.136. The van der Waals surface area contributed by atoms with E-state index in [1.807, 2.05) is 0 Å². The van der Waals surface area contributed by atoms with Gasteiger partial charge in [0.15, 0.2) is 0 Å². The summed E-state index contributed by atoms with van der Waals surface area (Å²) in [4.78, 5) is 0. The minimum atomic E-state index is 0.664. The molecule has 2 saturated carbocycles. The summed E-state index contributed by atoms with van der Waals surface area (Å²) < 4.78 is 0. The Bertz CT molecular complexity index is 940. The average Bonchev–Trinajstić information content (AvgIpc) is 3.47. The van der Waals surface area contributed by atoms with Crippen molar-refractivity contribution in [3.05, 3.63) is 76.4 Å². The molecule has 1 spiro atoms. The molecule has 0 bridgehead atoms. The van der Waals surface area contributed by atoms with Crippen molar-refractivity contribution >= 4 is 17.2 Å². The summed E-state index contributed by atoms with van der Waals surface area (Å²) in [6.07, 6.45) is 10.3. The molecule has 2 aliphatic carbocycles. The molecule has 0 nitrogen and oxygen atoms in total. The fourth-order valence-electron chi connectivity index (χ4n) is 5.50. The topological polar surface area (TPSA) is 0 Å². The molecule has 0 amide bonds. The van der Waals surface area contributed by atoms with Crippen LogP contribution in [0.5, 0.6) is 0 Å². The molecule has 2 aromatic carbocycles. The predicted molar refractivity (Wildman–Crippen MR) is 123 cm³/mol. The van der Waals surface area contributed by atoms with Gasteiger partial charge in [-0.05, 0) is 103 Å². The van der Waals surface area contributed by atoms with Crippen LogP contribution >= 0.6 is 0 Å². The standard InChI is InChI=1S/C28H34/c1-6-19(3)25-13-8-10-20(4)26(25)16-21(5)22-11-9-12-23(17-22)27-18-28(27)15-14-24(28)7-2/h6,8-13,16-17,24,27H,7,14-15,18H2,1-5H3/b19-6+,21-16+. The highest BCUT2D eigenvalue weighted by molar-refractivity contribution is 5.86. The molecule has 146 valence electrons. The molecule has 0 heterocycles. The maximum Gasteiger partial charge on any atom is -0.00967 e. The van der Waals surface area contributed by atoms with Gasteiger partial charge in [-0.1, -0.05) is 68.0 Å². The molecule has 28 heavy (non-hydrogen) atoms. The van der Waals surface area contributed by atoms with Gasteiger partial charge >= 0.3 is 0 Å². The van der Waals surface area contributed by atoms with E-state index in [4.69, 9.17) is 0 Å². The molecule has 0 radical (unpaired) electrons. The zero-order chi connectivity index (χ0) is 19.9. The van der Waals surface area contributed by atoms with E-state index in [2.05, 4.69) is 89.2 Å². The summed E-state index contributed by atoms with van der Waals surface area (Å²) in [6.45, 7) is 11.2. The van der Waals surface area contributed by atoms with Gasteiger partial charge in [-0.25, -0.2) is 0 Å². The molecule has 3 atom stereocenters. The smallest absolute Gasteiger partial charge is 0.00967 e. The summed E-state index contributed by atoms with van der Waals surface area (Å²) >= 11 is 0. The highest BCUT2D eigenvalue weighted by Gasteiger charge is 2.62. The fourth-order valence-corrected chi connectivity index (χ4v) is 5.50. The number of aryl methyl sites for hydroxylation is 1. The van der Waals surface area contributed by atoms with Crippen molar-refractivity contribution in [1.82, 2.24) is 0 Å². The normalized spacial score (nSPS) is 27.0. The van der Waals surface area contributed by atoms with Crippen LogP contribution in [-0.2, 0) is 0 Å². The van der Waals surface area contributed by atoms with Crippen molar-refractivity contribution in [2.24, 2.45) is 11.3 Å². The van der Waals surface area contributed by atoms with Gasteiger partial charge in [0, 0.05) is 0 Å². The lowest BCUT2D eigenvalue weighted by Crippen LogP contribution is -2.28. The van der Waals surface area contributed by atoms with E-state index in [0.29, 0.717) is 5.41 Å². The van der Waals surface area contributed by atoms with Crippen molar-refractivity contribution in [3.63, 3.8) is 0 Å². The summed E-state index contributed by atoms with van der Waals surface area (Å²) in [5, 5.41) is 0. The minimum Gasteiger partial charge on any atom is -0.0841 e. The number of allylic oxidation sites excluding steroid dienone is 3. The van der Waals surface area contributed by atoms with E-state index in [1.54, 1.807) is 5.56 Å². The van der Waals surface area contributed by atoms with Crippen LogP contribution in [0.4, 0.5) is 0 Å². The minimum absolute atomic E-state index is 0.664. The van der Waals surface area contributed by atoms with Gasteiger partial charge < -0.3 is 0 Å². The van der Waals surface area contributed by atoms with Crippen LogP contribution in [0.1, 0.15) is 87.1 Å². The van der Waals surface area contributed by atoms with Gasteiger partial charge in [-0.2, -0.15) is 0 Å². The Morgan fingerprint density at radius 2 is 1.89 bits per heavy atom. The Labute approximate surface area is 171 Å². The molecular formula is C28H34. The first kappa shape index (κ1) is 19.2. The third-order valence-electron chi connectivity index (χ3n) is 7.67. The van der Waals surface area contributed by atoms with Crippen LogP contribution < -0.4 is 0 Å². The number of rotatable bonds is 5. The van der Waals surface area contributed by atoms with Gasteiger partial charge in [0.05, 0.1) is 0 Å². The first-order valence-electron chi connectivity index (χ1n) is 11.0. The van der Waals surface area contributed by atoms with E-state index in [0.717, 1.165) is 11.8 Å². The largest absolute Gasteiger partial charge is 0.0841 e. The highest BCUT2D eigenvalue weighted by atomic mass is 14.7. The van der Waals surface area contributed by atoms with Gasteiger partial charge in [0.1, 0.15) is 0 Å². The molecule has 0 N–H and O–H groups in total. The number of hydrogen-bond acceptors (Lipinski definition) is 0. The molecular weight excluding hydrogens is 336 g/mol. The molecule has 0 aliphatic heterocycles. The Balaban J connectivity index is 1.65. The first-order chi connectivity index (χ1) is 13.5. The van der Waals surface area contributed by atoms with E-state index in [1.165, 1.54) is 59.1 Å². The van der Waals surface area contributed by atoms with Crippen LogP contribution in [-0.4, -0.2) is 0 Å². The van der Waals surface area contributed by atoms with E-state index >= 15 is 0 Å². The molecule has 3 unspecified atom stereocenters. The molecule has 0 heteroatoms. The Morgan fingerprint density at radius 3 is 2.57 bits per heavy atom. The lowest BCUT2D eigenvalue weighted by atomic mass is 9.67. The summed E-state index contributed by atoms with van der Waals surface area (Å²) in [5.74, 6) is 1.77. The predicted octanol–water partition coefficient (Wildman–Crippen LogP) is 8.27. The molecule has 0 saturated heterocycles. The first-order valence-corrected chi connectivity index (χ1v) is 11.0. The Kier molecular flexibility index (Phi) is 5.08. The van der Waals surface area contributed by atoms with E-state index in [9.17, 15) is 0 Å². The van der Waals surface area contributed by atoms with Crippen molar-refractivity contribution < 1.29 is 0 Å². The van der Waals surface area contributed by atoms with E-state index in [-0.39, 0.29) is 0 Å². The maximum atomic E-state index is 2.47. The number of benzene rings is 2. The van der Waals surface area contributed by atoms with Gasteiger partial charge in [-0.3, -0.25) is 0 Å². The van der Waals surface area contributed by atoms with Crippen LogP contribution in [0.3, 0.4) is 0 Å². The third-order valence-corrected chi connectivity index (χ3v) is 7.67. The second-order valence-electron chi connectivity index (χ2n) is 9.09. The van der Waals surface area contributed by atoms with Crippen molar-refractivity contribution in [2.75, 3.05) is 0 Å². The van der Waals surface area contributed by atoms with Crippen LogP contribution in [0, 0.1) is 18.3 Å². The molecule has 0 aromatic heterocycles. The summed E-state index contributed by atoms with van der Waals surface area (Å²) in [7, 11) is 0. The summed E-state index contributed by atoms with van der Waals surface area (Å²) in [5.41, 5.74) is 10.3. The van der Waals surface area contributed by atoms with Gasteiger partial charge in [-0.15, -0.1) is 0 Å². The zero-order valence-electron chi connectivity index (χ0n) is 18.2. The monoisotopic (exact) mass is 370 g/mol. The second kappa shape index (κ2) is 7.39. The Hall–Kier alpha value is -2.08. The van der Waals surface area contributed by atoms with Gasteiger partial charge in [0.25, 0.3) is 0 Å². The van der Waals surface area contributed by atoms with Crippen molar-refractivity contribution in [3.8, 4) is 0 Å². The quantitative estimate of drug-likeness (QED) is 0.464. The zero-order valence-corrected chi connectivity index (χ0v) is 18.2. The van der Waals surface area contributed by atoms with Crippen LogP contribution in [0.25, 0.3) is 17.2 Å². The average molecular weight is 371 g/mol. The van der Waals surface area contributed by atoms with Crippen LogP contribution in [0.2, 0.25) is 0 Å². The molecule has 2 aromatic rings. The van der Waals surface area contributed by atoms with E-state index < -0.39 is 0 Å². The van der Waals surface area contributed by atoms with Crippen LogP contribution in [0.15, 0.2) is 48.5 Å². The lowest BCUT2D eigenvalue weighted by Gasteiger charge is -2.38.